The Morgan fingerprint density at radius 2 is 1.96 bits per heavy atom. The number of fused-ring (bicyclic) bond motifs is 1. The van der Waals surface area contributed by atoms with E-state index in [1.807, 2.05) is 42.9 Å². The highest BCUT2D eigenvalue weighted by molar-refractivity contribution is 7.22. The van der Waals surface area contributed by atoms with Crippen LogP contribution < -0.4 is 10.1 Å². The summed E-state index contributed by atoms with van der Waals surface area (Å²) in [5, 5.41) is 3.08. The molecule has 0 spiro atoms. The number of hydrogen-bond donors (Lipinski definition) is 1. The van der Waals surface area contributed by atoms with Gasteiger partial charge >= 0.3 is 6.36 Å². The van der Waals surface area contributed by atoms with Crippen molar-refractivity contribution < 1.29 is 22.7 Å². The Morgan fingerprint density at radius 1 is 1.27 bits per heavy atom. The van der Waals surface area contributed by atoms with Crippen LogP contribution in [0.2, 0.25) is 0 Å². The van der Waals surface area contributed by atoms with Gasteiger partial charge in [0.05, 0.1) is 10.2 Å². The summed E-state index contributed by atoms with van der Waals surface area (Å²) < 4.78 is 43.2. The van der Waals surface area contributed by atoms with E-state index in [9.17, 15) is 18.0 Å². The van der Waals surface area contributed by atoms with Gasteiger partial charge in [-0.3, -0.25) is 4.79 Å². The van der Waals surface area contributed by atoms with Crippen molar-refractivity contribution in [1.82, 2.24) is 9.55 Å². The number of nitrogens with one attached hydrogen (secondary N) is 1. The predicted octanol–water partition coefficient (Wildman–Crippen LogP) is 4.83. The second-order valence-electron chi connectivity index (χ2n) is 6.00. The third-order valence-electron chi connectivity index (χ3n) is 3.67. The summed E-state index contributed by atoms with van der Waals surface area (Å²) in [6, 6.07) is 7.13. The maximum atomic E-state index is 12.6. The summed E-state index contributed by atoms with van der Waals surface area (Å²) in [4.78, 5) is 16.9. The van der Waals surface area contributed by atoms with Crippen LogP contribution in [0.3, 0.4) is 0 Å². The van der Waals surface area contributed by atoms with Crippen LogP contribution in [0.5, 0.6) is 5.75 Å². The normalized spacial score (nSPS) is 13.2. The number of halogens is 3. The molecule has 26 heavy (non-hydrogen) atoms. The van der Waals surface area contributed by atoms with Gasteiger partial charge in [-0.2, -0.15) is 0 Å². The van der Waals surface area contributed by atoms with Crippen molar-refractivity contribution in [3.8, 4) is 5.75 Å². The highest BCUT2D eigenvalue weighted by Gasteiger charge is 2.31. The predicted molar refractivity (Wildman–Crippen MR) is 93.2 cm³/mol. The molecule has 0 saturated heterocycles. The minimum Gasteiger partial charge on any atom is -0.406 e. The summed E-state index contributed by atoms with van der Waals surface area (Å²) in [6.45, 7) is 3.87. The Bertz CT molecular complexity index is 904. The smallest absolute Gasteiger partial charge is 0.406 e. The van der Waals surface area contributed by atoms with Gasteiger partial charge < -0.3 is 14.6 Å². The third-order valence-corrected chi connectivity index (χ3v) is 4.61. The first-order chi connectivity index (χ1) is 12.2. The lowest BCUT2D eigenvalue weighted by molar-refractivity contribution is -0.274. The molecule has 0 radical (unpaired) electrons. The fraction of sp³-hybridized carbons (Fsp3) is 0.294. The van der Waals surface area contributed by atoms with Crippen molar-refractivity contribution in [2.45, 2.75) is 26.3 Å². The van der Waals surface area contributed by atoms with E-state index in [-0.39, 0.29) is 17.6 Å². The lowest BCUT2D eigenvalue weighted by Crippen LogP contribution is -2.29. The van der Waals surface area contributed by atoms with Gasteiger partial charge in [0.15, 0.2) is 5.13 Å². The Kier molecular flexibility index (Phi) is 4.90. The molecule has 0 bridgehead atoms. The minimum absolute atomic E-state index is 0.0450. The highest BCUT2D eigenvalue weighted by Crippen LogP contribution is 2.32. The molecule has 0 saturated carbocycles. The number of ether oxygens (including phenoxy) is 1. The number of thiazole rings is 1. The molecule has 138 valence electrons. The quantitative estimate of drug-likeness (QED) is 0.686. The van der Waals surface area contributed by atoms with Gasteiger partial charge in [0.1, 0.15) is 11.8 Å². The van der Waals surface area contributed by atoms with E-state index in [1.165, 1.54) is 18.2 Å². The summed E-state index contributed by atoms with van der Waals surface area (Å²) in [7, 11) is 0. The molecular weight excluding hydrogens is 367 g/mol. The van der Waals surface area contributed by atoms with Crippen molar-refractivity contribution in [3.63, 3.8) is 0 Å². The van der Waals surface area contributed by atoms with Crippen molar-refractivity contribution in [2.24, 2.45) is 5.92 Å². The largest absolute Gasteiger partial charge is 0.573 e. The first kappa shape index (κ1) is 18.2. The van der Waals surface area contributed by atoms with E-state index < -0.39 is 12.4 Å². The summed E-state index contributed by atoms with van der Waals surface area (Å²) in [6.07, 6.45) is -1.14. The summed E-state index contributed by atoms with van der Waals surface area (Å²) >= 11 is 1.09. The van der Waals surface area contributed by atoms with Crippen LogP contribution in [-0.4, -0.2) is 21.8 Å². The molecule has 2 heterocycles. The first-order valence-corrected chi connectivity index (χ1v) is 8.64. The van der Waals surface area contributed by atoms with Gasteiger partial charge in [-0.1, -0.05) is 25.2 Å². The van der Waals surface area contributed by atoms with Crippen LogP contribution in [0.15, 0.2) is 42.7 Å². The van der Waals surface area contributed by atoms with E-state index >= 15 is 0 Å². The van der Waals surface area contributed by atoms with Crippen LogP contribution in [0.25, 0.3) is 10.2 Å². The molecule has 3 aromatic rings. The number of carbonyl (C=O) groups excluding carboxylic acids is 1. The van der Waals surface area contributed by atoms with Gasteiger partial charge in [0.2, 0.25) is 5.91 Å². The zero-order chi connectivity index (χ0) is 18.9. The van der Waals surface area contributed by atoms with E-state index in [2.05, 4.69) is 15.0 Å². The number of amides is 1. The van der Waals surface area contributed by atoms with E-state index in [0.29, 0.717) is 15.3 Å². The fourth-order valence-corrected chi connectivity index (χ4v) is 3.55. The molecule has 0 unspecified atom stereocenters. The molecule has 3 rings (SSSR count). The van der Waals surface area contributed by atoms with Crippen LogP contribution in [0.1, 0.15) is 19.9 Å². The van der Waals surface area contributed by atoms with Gasteiger partial charge in [-0.05, 0) is 30.2 Å². The average Bonchev–Trinajstić information content (AvgIpc) is 3.14. The summed E-state index contributed by atoms with van der Waals surface area (Å²) in [5.41, 5.74) is 0.488. The van der Waals surface area contributed by atoms with Crippen molar-refractivity contribution >= 4 is 32.6 Å². The van der Waals surface area contributed by atoms with Crippen LogP contribution in [0, 0.1) is 5.92 Å². The number of alkyl halides is 3. The molecule has 2 aromatic heterocycles. The zero-order valence-electron chi connectivity index (χ0n) is 13.9. The molecule has 0 aliphatic rings. The molecule has 1 amide bonds. The van der Waals surface area contributed by atoms with E-state index in [0.717, 1.165) is 11.3 Å². The molecule has 9 heteroatoms. The molecule has 0 aliphatic heterocycles. The Morgan fingerprint density at radius 3 is 2.58 bits per heavy atom. The van der Waals surface area contributed by atoms with Gasteiger partial charge in [-0.25, -0.2) is 4.98 Å². The molecular formula is C17H16F3N3O2S. The number of rotatable bonds is 5. The number of anilines is 1. The third kappa shape index (κ3) is 4.16. The monoisotopic (exact) mass is 383 g/mol. The molecule has 1 aromatic carbocycles. The number of hydrogen-bond acceptors (Lipinski definition) is 4. The van der Waals surface area contributed by atoms with Crippen molar-refractivity contribution in [3.05, 3.63) is 42.7 Å². The lowest BCUT2D eigenvalue weighted by atomic mass is 10.0. The molecule has 1 atom stereocenters. The average molecular weight is 383 g/mol. The fourth-order valence-electron chi connectivity index (χ4n) is 2.65. The molecule has 5 nitrogen and oxygen atoms in total. The second-order valence-corrected chi connectivity index (χ2v) is 7.04. The number of benzene rings is 1. The van der Waals surface area contributed by atoms with E-state index in [4.69, 9.17) is 0 Å². The SMILES string of the molecule is CC(C)[C@H](C(=O)Nc1nc2ccc(OC(F)(F)F)cc2s1)n1cccc1. The number of carbonyl (C=O) groups is 1. The zero-order valence-corrected chi connectivity index (χ0v) is 14.8. The topological polar surface area (TPSA) is 56.1 Å². The number of nitrogens with zero attached hydrogens (tertiary/aromatic N) is 2. The van der Waals surface area contributed by atoms with Gasteiger partial charge in [0.25, 0.3) is 0 Å². The Labute approximate surface area is 151 Å². The first-order valence-electron chi connectivity index (χ1n) is 7.82. The van der Waals surface area contributed by atoms with Gasteiger partial charge in [0, 0.05) is 18.5 Å². The maximum Gasteiger partial charge on any atom is 0.573 e. The molecule has 1 N–H and O–H groups in total. The van der Waals surface area contributed by atoms with E-state index in [1.54, 1.807) is 0 Å². The van der Waals surface area contributed by atoms with Gasteiger partial charge in [-0.15, -0.1) is 13.2 Å². The number of aromatic nitrogens is 2. The van der Waals surface area contributed by atoms with Crippen molar-refractivity contribution in [1.29, 1.82) is 0 Å². The Hall–Kier alpha value is -2.55. The molecule has 0 fully saturated rings. The minimum atomic E-state index is -4.75. The summed E-state index contributed by atoms with van der Waals surface area (Å²) in [5.74, 6) is -0.510. The van der Waals surface area contributed by atoms with Crippen LogP contribution in [0.4, 0.5) is 18.3 Å². The standard InChI is InChI=1S/C17H16F3N3O2S/c1-10(2)14(23-7-3-4-8-23)15(24)22-16-21-12-6-5-11(9-13(12)26-16)25-17(18,19)20/h3-10,14H,1-2H3,(H,21,22,24)/t14-/m1/s1. The van der Waals surface area contributed by atoms with Crippen LogP contribution in [-0.2, 0) is 4.79 Å². The molecule has 0 aliphatic carbocycles. The maximum absolute atomic E-state index is 12.6. The Balaban J connectivity index is 1.81. The van der Waals surface area contributed by atoms with Crippen LogP contribution >= 0.6 is 11.3 Å². The van der Waals surface area contributed by atoms with Crippen molar-refractivity contribution in [2.75, 3.05) is 5.32 Å². The lowest BCUT2D eigenvalue weighted by Gasteiger charge is -2.21. The highest BCUT2D eigenvalue weighted by atomic mass is 32.1. The second kappa shape index (κ2) is 6.99.